The largest absolute Gasteiger partial charge is 0.416 e. The van der Waals surface area contributed by atoms with Crippen LogP contribution in [0.3, 0.4) is 0 Å². The minimum atomic E-state index is -4.34. The second kappa shape index (κ2) is 5.50. The van der Waals surface area contributed by atoms with Crippen LogP contribution in [0.5, 0.6) is 0 Å². The first-order valence-corrected chi connectivity index (χ1v) is 6.12. The van der Waals surface area contributed by atoms with Gasteiger partial charge in [-0.2, -0.15) is 13.2 Å². The number of anilines is 2. The third-order valence-electron chi connectivity index (χ3n) is 2.68. The lowest BCUT2D eigenvalue weighted by Gasteiger charge is -2.11. The molecule has 0 aromatic heterocycles. The third kappa shape index (κ3) is 3.27. The Balaban J connectivity index is 2.15. The van der Waals surface area contributed by atoms with Gasteiger partial charge in [-0.1, -0.05) is 24.4 Å². The van der Waals surface area contributed by atoms with Gasteiger partial charge in [-0.05, 0) is 36.4 Å². The Labute approximate surface area is 119 Å². The molecule has 0 aliphatic heterocycles. The molecule has 0 spiro atoms. The highest BCUT2D eigenvalue weighted by molar-refractivity contribution is 7.81. The molecule has 0 amide bonds. The van der Waals surface area contributed by atoms with Crippen LogP contribution in [0.4, 0.5) is 24.5 Å². The monoisotopic (exact) mass is 296 g/mol. The van der Waals surface area contributed by atoms with Gasteiger partial charge >= 0.3 is 6.18 Å². The van der Waals surface area contributed by atoms with Gasteiger partial charge in [-0.3, -0.25) is 0 Å². The summed E-state index contributed by atoms with van der Waals surface area (Å²) in [5, 5.41) is 2.86. The molecule has 104 valence electrons. The summed E-state index contributed by atoms with van der Waals surface area (Å²) in [7, 11) is 0. The summed E-state index contributed by atoms with van der Waals surface area (Å²) in [5.74, 6) is 0. The fourth-order valence-corrected chi connectivity index (χ4v) is 1.95. The molecule has 3 N–H and O–H groups in total. The Hall–Kier alpha value is -2.08. The van der Waals surface area contributed by atoms with Crippen molar-refractivity contribution >= 4 is 28.6 Å². The molecule has 2 nitrogen and oxygen atoms in total. The molecule has 20 heavy (non-hydrogen) atoms. The molecule has 0 aliphatic carbocycles. The van der Waals surface area contributed by atoms with Crippen molar-refractivity contribution in [3.05, 3.63) is 59.7 Å². The van der Waals surface area contributed by atoms with Crippen LogP contribution in [0.25, 0.3) is 0 Å². The third-order valence-corrected chi connectivity index (χ3v) is 3.00. The van der Waals surface area contributed by atoms with Gasteiger partial charge in [0, 0.05) is 16.9 Å². The van der Waals surface area contributed by atoms with Crippen LogP contribution in [-0.4, -0.2) is 4.99 Å². The number of halogens is 3. The lowest BCUT2D eigenvalue weighted by atomic mass is 10.1. The van der Waals surface area contributed by atoms with Gasteiger partial charge in [0.15, 0.2) is 0 Å². The van der Waals surface area contributed by atoms with Crippen LogP contribution in [-0.2, 0) is 6.18 Å². The zero-order chi connectivity index (χ0) is 14.8. The standard InChI is InChI=1S/C14H11F3N2S/c15-14(16,17)9-5-7-10(8-6-9)19-13(20)11-3-1-2-4-12(11)18/h1-8H,18H2,(H,19,20). The maximum absolute atomic E-state index is 12.4. The van der Waals surface area contributed by atoms with Crippen LogP contribution in [0.2, 0.25) is 0 Å². The molecule has 0 fully saturated rings. The minimum Gasteiger partial charge on any atom is -0.398 e. The van der Waals surface area contributed by atoms with Crippen LogP contribution in [0.1, 0.15) is 11.1 Å². The number of thiocarbonyl (C=S) groups is 1. The second-order valence-corrected chi connectivity index (χ2v) is 4.52. The fourth-order valence-electron chi connectivity index (χ4n) is 1.64. The number of hydrogen-bond acceptors (Lipinski definition) is 2. The second-order valence-electron chi connectivity index (χ2n) is 4.12. The van der Waals surface area contributed by atoms with Gasteiger partial charge in [0.1, 0.15) is 4.99 Å². The highest BCUT2D eigenvalue weighted by Gasteiger charge is 2.29. The van der Waals surface area contributed by atoms with Crippen molar-refractivity contribution in [3.63, 3.8) is 0 Å². The van der Waals surface area contributed by atoms with E-state index in [-0.39, 0.29) is 0 Å². The smallest absolute Gasteiger partial charge is 0.398 e. The number of para-hydroxylation sites is 1. The van der Waals surface area contributed by atoms with E-state index in [1.54, 1.807) is 24.3 Å². The van der Waals surface area contributed by atoms with Gasteiger partial charge in [-0.25, -0.2) is 0 Å². The number of hydrogen-bond donors (Lipinski definition) is 2. The number of nitrogen functional groups attached to an aromatic ring is 1. The predicted molar refractivity (Wildman–Crippen MR) is 77.6 cm³/mol. The van der Waals surface area contributed by atoms with Gasteiger partial charge < -0.3 is 11.1 Å². The summed E-state index contributed by atoms with van der Waals surface area (Å²) in [6.07, 6.45) is -4.34. The molecule has 0 saturated heterocycles. The normalized spacial score (nSPS) is 11.2. The SMILES string of the molecule is Nc1ccccc1C(=S)Nc1ccc(C(F)(F)F)cc1. The Bertz CT molecular complexity index is 621. The first kappa shape index (κ1) is 14.3. The van der Waals surface area contributed by atoms with Crippen molar-refractivity contribution in [2.45, 2.75) is 6.18 Å². The summed E-state index contributed by atoms with van der Waals surface area (Å²) in [6, 6.07) is 11.7. The van der Waals surface area contributed by atoms with Crippen LogP contribution >= 0.6 is 12.2 Å². The summed E-state index contributed by atoms with van der Waals surface area (Å²) in [4.78, 5) is 0.364. The van der Waals surface area contributed by atoms with E-state index in [1.165, 1.54) is 12.1 Å². The zero-order valence-electron chi connectivity index (χ0n) is 10.2. The van der Waals surface area contributed by atoms with Crippen molar-refractivity contribution in [3.8, 4) is 0 Å². The van der Waals surface area contributed by atoms with E-state index in [1.807, 2.05) is 0 Å². The number of alkyl halides is 3. The maximum atomic E-state index is 12.4. The quantitative estimate of drug-likeness (QED) is 0.648. The molecule has 0 saturated carbocycles. The number of rotatable bonds is 2. The average Bonchev–Trinajstić information content (AvgIpc) is 2.38. The minimum absolute atomic E-state index is 0.364. The fraction of sp³-hybridized carbons (Fsp3) is 0.0714. The van der Waals surface area contributed by atoms with Gasteiger partial charge in [0.05, 0.1) is 5.56 Å². The van der Waals surface area contributed by atoms with E-state index in [2.05, 4.69) is 5.32 Å². The highest BCUT2D eigenvalue weighted by Crippen LogP contribution is 2.30. The first-order valence-electron chi connectivity index (χ1n) is 5.71. The number of benzene rings is 2. The van der Waals surface area contributed by atoms with E-state index >= 15 is 0 Å². The van der Waals surface area contributed by atoms with Crippen LogP contribution in [0, 0.1) is 0 Å². The van der Waals surface area contributed by atoms with Crippen molar-refractivity contribution in [2.24, 2.45) is 0 Å². The molecular weight excluding hydrogens is 285 g/mol. The van der Waals surface area contributed by atoms with Gasteiger partial charge in [0.2, 0.25) is 0 Å². The average molecular weight is 296 g/mol. The van der Waals surface area contributed by atoms with E-state index < -0.39 is 11.7 Å². The van der Waals surface area contributed by atoms with Crippen molar-refractivity contribution in [2.75, 3.05) is 11.1 Å². The van der Waals surface area contributed by atoms with E-state index in [0.29, 0.717) is 21.9 Å². The number of nitrogens with one attached hydrogen (secondary N) is 1. The molecule has 6 heteroatoms. The lowest BCUT2D eigenvalue weighted by molar-refractivity contribution is -0.137. The lowest BCUT2D eigenvalue weighted by Crippen LogP contribution is -2.13. The van der Waals surface area contributed by atoms with Crippen LogP contribution < -0.4 is 11.1 Å². The summed E-state index contributed by atoms with van der Waals surface area (Å²) in [5.41, 5.74) is 6.71. The molecule has 0 bridgehead atoms. The highest BCUT2D eigenvalue weighted by atomic mass is 32.1. The molecule has 0 aliphatic rings. The molecule has 2 rings (SSSR count). The van der Waals surface area contributed by atoms with Gasteiger partial charge in [-0.15, -0.1) is 0 Å². The van der Waals surface area contributed by atoms with Crippen molar-refractivity contribution in [1.29, 1.82) is 0 Å². The molecule has 2 aromatic carbocycles. The topological polar surface area (TPSA) is 38.0 Å². The maximum Gasteiger partial charge on any atom is 0.416 e. The van der Waals surface area contributed by atoms with Crippen LogP contribution in [0.15, 0.2) is 48.5 Å². The van der Waals surface area contributed by atoms with E-state index in [9.17, 15) is 13.2 Å². The van der Waals surface area contributed by atoms with Gasteiger partial charge in [0.25, 0.3) is 0 Å². The summed E-state index contributed by atoms with van der Waals surface area (Å²) < 4.78 is 37.3. The summed E-state index contributed by atoms with van der Waals surface area (Å²) >= 11 is 5.18. The Morgan fingerprint density at radius 1 is 1.00 bits per heavy atom. The molecule has 0 radical (unpaired) electrons. The molecule has 0 heterocycles. The molecule has 2 aromatic rings. The van der Waals surface area contributed by atoms with E-state index in [0.717, 1.165) is 12.1 Å². The number of nitrogens with two attached hydrogens (primary N) is 1. The van der Waals surface area contributed by atoms with Crippen molar-refractivity contribution < 1.29 is 13.2 Å². The molecular formula is C14H11F3N2S. The Morgan fingerprint density at radius 3 is 2.15 bits per heavy atom. The Morgan fingerprint density at radius 2 is 1.60 bits per heavy atom. The predicted octanol–water partition coefficient (Wildman–Crippen LogP) is 4.08. The zero-order valence-corrected chi connectivity index (χ0v) is 11.1. The first-order chi connectivity index (χ1) is 9.38. The molecule has 0 unspecified atom stereocenters. The molecule has 0 atom stereocenters. The van der Waals surface area contributed by atoms with Crippen molar-refractivity contribution in [1.82, 2.24) is 0 Å². The van der Waals surface area contributed by atoms with E-state index in [4.69, 9.17) is 18.0 Å². The Kier molecular flexibility index (Phi) is 3.94. The summed E-state index contributed by atoms with van der Waals surface area (Å²) in [6.45, 7) is 0.